The number of para-hydroxylation sites is 1. The van der Waals surface area contributed by atoms with E-state index in [0.717, 1.165) is 0 Å². The third-order valence-electron chi connectivity index (χ3n) is 2.91. The minimum Gasteiger partial charge on any atom is -0.410 e. The summed E-state index contributed by atoms with van der Waals surface area (Å²) in [6.45, 7) is 12.0. The van der Waals surface area contributed by atoms with Crippen LogP contribution in [-0.4, -0.2) is 32.2 Å². The van der Waals surface area contributed by atoms with Gasteiger partial charge in [-0.25, -0.2) is 4.79 Å². The Labute approximate surface area is 111 Å². The normalized spacial score (nSPS) is 11.2. The van der Waals surface area contributed by atoms with Crippen molar-refractivity contribution in [3.63, 3.8) is 0 Å². The highest BCUT2D eigenvalue weighted by Gasteiger charge is 2.23. The van der Waals surface area contributed by atoms with E-state index < -0.39 is 8.07 Å². The molecule has 0 N–H and O–H groups in total. The molecule has 0 spiro atoms. The largest absolute Gasteiger partial charge is 0.415 e. The molecule has 0 unspecified atom stereocenters. The molecule has 18 heavy (non-hydrogen) atoms. The molecular weight excluding hydrogens is 242 g/mol. The lowest BCUT2D eigenvalue weighted by molar-refractivity contribution is 0.157. The lowest BCUT2D eigenvalue weighted by Gasteiger charge is -2.23. The summed E-state index contributed by atoms with van der Waals surface area (Å²) in [7, 11) is -1.50. The summed E-state index contributed by atoms with van der Waals surface area (Å²) in [6, 6.07) is 7.86. The molecule has 1 aromatic rings. The molecule has 0 fully saturated rings. The van der Waals surface area contributed by atoms with Crippen LogP contribution in [-0.2, 0) is 0 Å². The average Bonchev–Trinajstić information content (AvgIpc) is 2.30. The fourth-order valence-electron chi connectivity index (χ4n) is 1.82. The number of amides is 1. The summed E-state index contributed by atoms with van der Waals surface area (Å²) in [5.41, 5.74) is 0. The molecule has 4 heteroatoms. The van der Waals surface area contributed by atoms with Crippen molar-refractivity contribution in [2.24, 2.45) is 0 Å². The Morgan fingerprint density at radius 2 is 1.72 bits per heavy atom. The van der Waals surface area contributed by atoms with E-state index >= 15 is 0 Å². The maximum atomic E-state index is 12.0. The molecule has 0 atom stereocenters. The van der Waals surface area contributed by atoms with Crippen molar-refractivity contribution in [2.75, 3.05) is 13.1 Å². The van der Waals surface area contributed by atoms with Crippen molar-refractivity contribution in [2.45, 2.75) is 33.5 Å². The molecule has 3 nitrogen and oxygen atoms in total. The second-order valence-electron chi connectivity index (χ2n) is 5.29. The summed E-state index contributed by atoms with van der Waals surface area (Å²) in [6.07, 6.45) is -0.259. The second kappa shape index (κ2) is 6.04. The molecule has 0 heterocycles. The number of benzene rings is 1. The minimum absolute atomic E-state index is 0.259. The standard InChI is InChI=1S/C14H23NO2Si/c1-6-15(7-2)14(16)17-12-10-8-9-11-13(12)18(3,4)5/h8-11H,6-7H2,1-5H3. The van der Waals surface area contributed by atoms with Gasteiger partial charge in [-0.15, -0.1) is 0 Å². The first kappa shape index (κ1) is 14.8. The molecule has 1 amide bonds. The maximum absolute atomic E-state index is 12.0. The van der Waals surface area contributed by atoms with Crippen molar-refractivity contribution in [1.82, 2.24) is 4.90 Å². The van der Waals surface area contributed by atoms with Crippen LogP contribution in [0.5, 0.6) is 5.75 Å². The average molecular weight is 265 g/mol. The topological polar surface area (TPSA) is 29.5 Å². The van der Waals surface area contributed by atoms with E-state index in [2.05, 4.69) is 25.7 Å². The monoisotopic (exact) mass is 265 g/mol. The molecule has 0 aliphatic carbocycles. The first-order valence-corrected chi connectivity index (χ1v) is 9.96. The zero-order valence-corrected chi connectivity index (χ0v) is 13.0. The number of carbonyl (C=O) groups excluding carboxylic acids is 1. The number of carbonyl (C=O) groups is 1. The first-order chi connectivity index (χ1) is 8.40. The molecule has 1 aromatic carbocycles. The highest BCUT2D eigenvalue weighted by atomic mass is 28.3. The first-order valence-electron chi connectivity index (χ1n) is 6.46. The Hall–Kier alpha value is -1.29. The van der Waals surface area contributed by atoms with E-state index in [0.29, 0.717) is 18.8 Å². The molecule has 0 aliphatic heterocycles. The van der Waals surface area contributed by atoms with Crippen LogP contribution in [0.25, 0.3) is 0 Å². The maximum Gasteiger partial charge on any atom is 0.415 e. The molecule has 0 aromatic heterocycles. The highest BCUT2D eigenvalue weighted by Crippen LogP contribution is 2.15. The Kier molecular flexibility index (Phi) is 4.96. The van der Waals surface area contributed by atoms with Gasteiger partial charge in [-0.2, -0.15) is 0 Å². The van der Waals surface area contributed by atoms with Crippen molar-refractivity contribution in [1.29, 1.82) is 0 Å². The van der Waals surface area contributed by atoms with E-state index in [1.807, 2.05) is 32.0 Å². The Morgan fingerprint density at radius 3 is 2.22 bits per heavy atom. The predicted molar refractivity (Wildman–Crippen MR) is 78.4 cm³/mol. The predicted octanol–water partition coefficient (Wildman–Crippen LogP) is 3.07. The molecule has 0 radical (unpaired) electrons. The van der Waals surface area contributed by atoms with Gasteiger partial charge in [-0.05, 0) is 25.1 Å². The second-order valence-corrected chi connectivity index (χ2v) is 10.3. The number of nitrogens with zero attached hydrogens (tertiary/aromatic N) is 1. The zero-order valence-electron chi connectivity index (χ0n) is 12.0. The van der Waals surface area contributed by atoms with Gasteiger partial charge in [-0.3, -0.25) is 0 Å². The SMILES string of the molecule is CCN(CC)C(=O)Oc1ccccc1[Si](C)(C)C. The van der Waals surface area contributed by atoms with Crippen LogP contribution in [0.2, 0.25) is 19.6 Å². The van der Waals surface area contributed by atoms with Gasteiger partial charge in [0.25, 0.3) is 0 Å². The van der Waals surface area contributed by atoms with E-state index in [1.54, 1.807) is 4.90 Å². The molecule has 1 rings (SSSR count). The number of rotatable bonds is 4. The van der Waals surface area contributed by atoms with Gasteiger partial charge in [0.1, 0.15) is 5.75 Å². The summed E-state index contributed by atoms with van der Waals surface area (Å²) < 4.78 is 5.54. The van der Waals surface area contributed by atoms with Gasteiger partial charge in [0, 0.05) is 13.1 Å². The molecule has 0 saturated carbocycles. The van der Waals surface area contributed by atoms with Crippen LogP contribution in [0.15, 0.2) is 24.3 Å². The smallest absolute Gasteiger partial charge is 0.410 e. The minimum atomic E-state index is -1.50. The van der Waals surface area contributed by atoms with Gasteiger partial charge < -0.3 is 9.64 Å². The van der Waals surface area contributed by atoms with Crippen LogP contribution in [0.4, 0.5) is 4.79 Å². The van der Waals surface area contributed by atoms with Gasteiger partial charge in [0.15, 0.2) is 0 Å². The lowest BCUT2D eigenvalue weighted by Crippen LogP contribution is -2.41. The van der Waals surface area contributed by atoms with E-state index in [4.69, 9.17) is 4.74 Å². The number of hydrogen-bond donors (Lipinski definition) is 0. The van der Waals surface area contributed by atoms with Crippen LogP contribution in [0.3, 0.4) is 0 Å². The van der Waals surface area contributed by atoms with E-state index in [1.165, 1.54) is 5.19 Å². The third kappa shape index (κ3) is 3.60. The van der Waals surface area contributed by atoms with Crippen molar-refractivity contribution < 1.29 is 9.53 Å². The fraction of sp³-hybridized carbons (Fsp3) is 0.500. The van der Waals surface area contributed by atoms with Crippen LogP contribution in [0, 0.1) is 0 Å². The molecule has 100 valence electrons. The van der Waals surface area contributed by atoms with Gasteiger partial charge >= 0.3 is 6.09 Å². The van der Waals surface area contributed by atoms with Crippen LogP contribution < -0.4 is 9.92 Å². The molecule has 0 aliphatic rings. The van der Waals surface area contributed by atoms with Crippen LogP contribution in [0.1, 0.15) is 13.8 Å². The highest BCUT2D eigenvalue weighted by molar-refractivity contribution is 6.89. The van der Waals surface area contributed by atoms with Crippen molar-refractivity contribution >= 4 is 19.4 Å². The van der Waals surface area contributed by atoms with E-state index in [9.17, 15) is 4.79 Å². The summed E-state index contributed by atoms with van der Waals surface area (Å²) in [5, 5.41) is 1.19. The van der Waals surface area contributed by atoms with Crippen molar-refractivity contribution in [3.05, 3.63) is 24.3 Å². The number of hydrogen-bond acceptors (Lipinski definition) is 2. The number of ether oxygens (including phenoxy) is 1. The van der Waals surface area contributed by atoms with Crippen molar-refractivity contribution in [3.8, 4) is 5.75 Å². The van der Waals surface area contributed by atoms with E-state index in [-0.39, 0.29) is 6.09 Å². The summed E-state index contributed by atoms with van der Waals surface area (Å²) in [5.74, 6) is 0.716. The van der Waals surface area contributed by atoms with Crippen LogP contribution >= 0.6 is 0 Å². The summed E-state index contributed by atoms with van der Waals surface area (Å²) in [4.78, 5) is 13.7. The van der Waals surface area contributed by atoms with Gasteiger partial charge in [0.05, 0.1) is 8.07 Å². The third-order valence-corrected chi connectivity index (χ3v) is 4.94. The fourth-order valence-corrected chi connectivity index (χ4v) is 3.29. The summed E-state index contributed by atoms with van der Waals surface area (Å²) >= 11 is 0. The molecule has 0 saturated heterocycles. The molecular formula is C14H23NO2Si. The Balaban J connectivity index is 2.95. The van der Waals surface area contributed by atoms with Gasteiger partial charge in [-0.1, -0.05) is 37.8 Å². The Morgan fingerprint density at radius 1 is 1.17 bits per heavy atom. The Bertz CT molecular complexity index is 409. The lowest BCUT2D eigenvalue weighted by atomic mass is 10.3. The van der Waals surface area contributed by atoms with Gasteiger partial charge in [0.2, 0.25) is 0 Å². The quantitative estimate of drug-likeness (QED) is 0.783. The zero-order chi connectivity index (χ0) is 13.8. The molecule has 0 bridgehead atoms.